The van der Waals surface area contributed by atoms with Gasteiger partial charge >= 0.3 is 12.2 Å². The van der Waals surface area contributed by atoms with Gasteiger partial charge in [-0.1, -0.05) is 58.0 Å². The van der Waals surface area contributed by atoms with E-state index in [-0.39, 0.29) is 25.0 Å². The minimum atomic E-state index is -1.26. The Morgan fingerprint density at radius 3 is 2.36 bits per heavy atom. The molecule has 0 aliphatic carbocycles. The van der Waals surface area contributed by atoms with E-state index in [4.69, 9.17) is 14.2 Å². The Balaban J connectivity index is 2.04. The zero-order valence-electron chi connectivity index (χ0n) is 21.6. The average Bonchev–Trinajstić information content (AvgIpc) is 3.19. The largest absolute Gasteiger partial charge is 0.445 e. The number of nitrogens with zero attached hydrogens (tertiary/aromatic N) is 1. The normalized spacial score (nSPS) is 17.0. The van der Waals surface area contributed by atoms with Crippen molar-refractivity contribution in [1.82, 2.24) is 21.1 Å². The Morgan fingerprint density at radius 2 is 1.75 bits per heavy atom. The Kier molecular flexibility index (Phi) is 11.6. The minimum Gasteiger partial charge on any atom is -0.445 e. The third kappa shape index (κ3) is 9.46. The number of ketones is 1. The molecule has 1 fully saturated rings. The fourth-order valence-electron chi connectivity index (χ4n) is 3.49. The highest BCUT2D eigenvalue weighted by atomic mass is 16.6. The molecule has 1 aromatic rings. The molecule has 1 unspecified atom stereocenters. The highest BCUT2D eigenvalue weighted by Crippen LogP contribution is 2.12. The quantitative estimate of drug-likeness (QED) is 0.350. The first-order valence-corrected chi connectivity index (χ1v) is 12.2. The van der Waals surface area contributed by atoms with E-state index in [2.05, 4.69) is 16.1 Å². The SMILES string of the molecule is CCOC[C@H](NC(=O)[C@H](CC(C)C)NC(=O)OCc1ccccc1)C(=O)C1NN(CC(C)C)C(=O)O1. The lowest BCUT2D eigenvalue weighted by Crippen LogP contribution is -2.56. The van der Waals surface area contributed by atoms with Gasteiger partial charge in [-0.25, -0.2) is 14.6 Å². The van der Waals surface area contributed by atoms with Crippen molar-refractivity contribution in [3.05, 3.63) is 35.9 Å². The molecule has 3 atom stereocenters. The number of alkyl carbamates (subject to hydrolysis) is 1. The topological polar surface area (TPSA) is 135 Å². The second-order valence-corrected chi connectivity index (χ2v) is 9.41. The molecular weight excluding hydrogens is 468 g/mol. The maximum Gasteiger partial charge on any atom is 0.426 e. The van der Waals surface area contributed by atoms with Crippen LogP contribution >= 0.6 is 0 Å². The summed E-state index contributed by atoms with van der Waals surface area (Å²) in [6, 6.07) is 7.12. The lowest BCUT2D eigenvalue weighted by molar-refractivity contribution is -0.135. The molecule has 1 heterocycles. The molecule has 0 saturated carbocycles. The Labute approximate surface area is 212 Å². The summed E-state index contributed by atoms with van der Waals surface area (Å²) >= 11 is 0. The van der Waals surface area contributed by atoms with E-state index in [1.54, 1.807) is 6.92 Å². The number of carbonyl (C=O) groups excluding carboxylic acids is 4. The summed E-state index contributed by atoms with van der Waals surface area (Å²) in [6.07, 6.45) is -2.35. The number of nitrogens with one attached hydrogen (secondary N) is 3. The molecule has 0 spiro atoms. The van der Waals surface area contributed by atoms with Gasteiger partial charge < -0.3 is 24.8 Å². The van der Waals surface area contributed by atoms with E-state index in [0.29, 0.717) is 19.6 Å². The van der Waals surface area contributed by atoms with Crippen LogP contribution in [0.4, 0.5) is 9.59 Å². The summed E-state index contributed by atoms with van der Waals surface area (Å²) in [5.74, 6) is -0.909. The van der Waals surface area contributed by atoms with E-state index >= 15 is 0 Å². The third-order valence-electron chi connectivity index (χ3n) is 5.20. The Hall–Kier alpha value is -3.18. The van der Waals surface area contributed by atoms with Gasteiger partial charge in [-0.05, 0) is 30.7 Å². The van der Waals surface area contributed by atoms with Crippen LogP contribution in [0.2, 0.25) is 0 Å². The van der Waals surface area contributed by atoms with E-state index < -0.39 is 42.2 Å². The number of hydrogen-bond donors (Lipinski definition) is 3. The maximum atomic E-state index is 13.1. The van der Waals surface area contributed by atoms with Gasteiger partial charge in [0.05, 0.1) is 6.61 Å². The molecule has 200 valence electrons. The fourth-order valence-corrected chi connectivity index (χ4v) is 3.49. The number of amides is 3. The number of benzene rings is 1. The summed E-state index contributed by atoms with van der Waals surface area (Å²) in [4.78, 5) is 50.7. The van der Waals surface area contributed by atoms with Gasteiger partial charge in [0.25, 0.3) is 0 Å². The van der Waals surface area contributed by atoms with Crippen molar-refractivity contribution in [2.45, 2.75) is 66.0 Å². The highest BCUT2D eigenvalue weighted by Gasteiger charge is 2.40. The molecule has 0 radical (unpaired) electrons. The van der Waals surface area contributed by atoms with Crippen LogP contribution in [-0.4, -0.2) is 67.0 Å². The second-order valence-electron chi connectivity index (χ2n) is 9.41. The number of cyclic esters (lactones) is 1. The smallest absolute Gasteiger partial charge is 0.426 e. The molecule has 3 amide bonds. The first-order valence-electron chi connectivity index (χ1n) is 12.2. The maximum absolute atomic E-state index is 13.1. The summed E-state index contributed by atoms with van der Waals surface area (Å²) < 4.78 is 15.8. The van der Waals surface area contributed by atoms with Crippen molar-refractivity contribution in [2.24, 2.45) is 11.8 Å². The standard InChI is InChI=1S/C25H38N4O7/c1-6-34-15-20(21(30)23-28-29(13-17(4)5)25(33)36-23)26-22(31)19(12-16(2)3)27-24(32)35-14-18-10-8-7-9-11-18/h7-11,16-17,19-20,23,28H,6,12-15H2,1-5H3,(H,26,31)(H,27,32)/t19-,20-,23?/m0/s1. The zero-order valence-corrected chi connectivity index (χ0v) is 21.6. The van der Waals surface area contributed by atoms with Crippen LogP contribution in [0, 0.1) is 11.8 Å². The molecule has 1 saturated heterocycles. The van der Waals surface area contributed by atoms with Crippen LogP contribution < -0.4 is 16.1 Å². The van der Waals surface area contributed by atoms with Gasteiger partial charge in [0.1, 0.15) is 18.7 Å². The number of carbonyl (C=O) groups is 4. The minimum absolute atomic E-state index is 0.0553. The number of ether oxygens (including phenoxy) is 3. The fraction of sp³-hybridized carbons (Fsp3) is 0.600. The molecule has 11 nitrogen and oxygen atoms in total. The molecule has 0 bridgehead atoms. The van der Waals surface area contributed by atoms with Gasteiger partial charge in [-0.3, -0.25) is 9.59 Å². The predicted octanol–water partition coefficient (Wildman–Crippen LogP) is 2.36. The van der Waals surface area contributed by atoms with Crippen molar-refractivity contribution in [2.75, 3.05) is 19.8 Å². The van der Waals surface area contributed by atoms with Crippen LogP contribution in [0.5, 0.6) is 0 Å². The van der Waals surface area contributed by atoms with Gasteiger partial charge in [0.15, 0.2) is 0 Å². The predicted molar refractivity (Wildman–Crippen MR) is 131 cm³/mol. The first kappa shape index (κ1) is 29.1. The van der Waals surface area contributed by atoms with Crippen LogP contribution in [0.3, 0.4) is 0 Å². The van der Waals surface area contributed by atoms with Crippen LogP contribution in [-0.2, 0) is 30.4 Å². The molecule has 1 aliphatic rings. The van der Waals surface area contributed by atoms with Gasteiger partial charge in [-0.2, -0.15) is 5.43 Å². The monoisotopic (exact) mass is 506 g/mol. The molecule has 36 heavy (non-hydrogen) atoms. The molecule has 2 rings (SSSR count). The molecule has 11 heteroatoms. The van der Waals surface area contributed by atoms with Crippen molar-refractivity contribution in [3.8, 4) is 0 Å². The second kappa shape index (κ2) is 14.4. The number of Topliss-reactive ketones (excluding diaryl/α,β-unsaturated/α-hetero) is 1. The van der Waals surface area contributed by atoms with Crippen molar-refractivity contribution >= 4 is 23.9 Å². The molecule has 1 aliphatic heterocycles. The van der Waals surface area contributed by atoms with Crippen LogP contribution in [0.1, 0.15) is 46.6 Å². The third-order valence-corrected chi connectivity index (χ3v) is 5.20. The summed E-state index contributed by atoms with van der Waals surface area (Å²) in [5.41, 5.74) is 3.55. The van der Waals surface area contributed by atoms with Crippen molar-refractivity contribution in [3.63, 3.8) is 0 Å². The van der Waals surface area contributed by atoms with Gasteiger partial charge in [-0.15, -0.1) is 0 Å². The summed E-state index contributed by atoms with van der Waals surface area (Å²) in [5, 5.41) is 6.47. The highest BCUT2D eigenvalue weighted by molar-refractivity contribution is 5.95. The number of hydrogen-bond acceptors (Lipinski definition) is 8. The molecule has 0 aromatic heterocycles. The van der Waals surface area contributed by atoms with Crippen molar-refractivity contribution < 1.29 is 33.4 Å². The molecule has 1 aromatic carbocycles. The molecular formula is C25H38N4O7. The lowest BCUT2D eigenvalue weighted by Gasteiger charge is -2.25. The van der Waals surface area contributed by atoms with E-state index in [0.717, 1.165) is 5.56 Å². The summed E-state index contributed by atoms with van der Waals surface area (Å²) in [6.45, 7) is 10.0. The zero-order chi connectivity index (χ0) is 26.7. The van der Waals surface area contributed by atoms with Crippen LogP contribution in [0.15, 0.2) is 30.3 Å². The number of hydrazine groups is 1. The average molecular weight is 507 g/mol. The van der Waals surface area contributed by atoms with Gasteiger partial charge in [0.2, 0.25) is 17.9 Å². The van der Waals surface area contributed by atoms with Crippen LogP contribution in [0.25, 0.3) is 0 Å². The Bertz CT molecular complexity index is 878. The summed E-state index contributed by atoms with van der Waals surface area (Å²) in [7, 11) is 0. The van der Waals surface area contributed by atoms with Gasteiger partial charge in [0, 0.05) is 13.2 Å². The first-order chi connectivity index (χ1) is 17.1. The van der Waals surface area contributed by atoms with E-state index in [1.807, 2.05) is 58.0 Å². The lowest BCUT2D eigenvalue weighted by atomic mass is 10.0. The Morgan fingerprint density at radius 1 is 1.06 bits per heavy atom. The van der Waals surface area contributed by atoms with Crippen molar-refractivity contribution in [1.29, 1.82) is 0 Å². The van der Waals surface area contributed by atoms with E-state index in [9.17, 15) is 19.2 Å². The van der Waals surface area contributed by atoms with E-state index in [1.165, 1.54) is 5.01 Å². The molecule has 3 N–H and O–H groups in total. The number of rotatable bonds is 14.